The van der Waals surface area contributed by atoms with E-state index >= 15 is 0 Å². The summed E-state index contributed by atoms with van der Waals surface area (Å²) < 4.78 is 4.83. The van der Waals surface area contributed by atoms with E-state index in [1.54, 1.807) is 6.92 Å². The summed E-state index contributed by atoms with van der Waals surface area (Å²) in [7, 11) is 0. The van der Waals surface area contributed by atoms with Crippen molar-refractivity contribution >= 4 is 5.97 Å². The summed E-state index contributed by atoms with van der Waals surface area (Å²) >= 11 is 0. The molecule has 18 heavy (non-hydrogen) atoms. The van der Waals surface area contributed by atoms with Crippen molar-refractivity contribution in [2.45, 2.75) is 52.0 Å². The van der Waals surface area contributed by atoms with E-state index in [2.05, 4.69) is 22.1 Å². The Morgan fingerprint density at radius 2 is 2.17 bits per heavy atom. The SMILES string of the molecule is CCOC(=O)c1n[nH]c(C(C)CCCC(C)N)n1. The molecule has 3 N–H and O–H groups in total. The van der Waals surface area contributed by atoms with Crippen LogP contribution >= 0.6 is 0 Å². The van der Waals surface area contributed by atoms with Crippen molar-refractivity contribution in [1.82, 2.24) is 15.2 Å². The van der Waals surface area contributed by atoms with Crippen LogP contribution in [0.5, 0.6) is 0 Å². The van der Waals surface area contributed by atoms with Crippen LogP contribution in [0.15, 0.2) is 0 Å². The van der Waals surface area contributed by atoms with Gasteiger partial charge in [-0.05, 0) is 26.7 Å². The number of esters is 1. The maximum atomic E-state index is 11.4. The first-order valence-electron chi connectivity index (χ1n) is 6.39. The standard InChI is InChI=1S/C12H22N4O2/c1-4-18-12(17)11-14-10(15-16-11)8(2)6-5-7-9(3)13/h8-9H,4-7,13H2,1-3H3,(H,14,15,16). The van der Waals surface area contributed by atoms with Gasteiger partial charge in [0.25, 0.3) is 5.82 Å². The van der Waals surface area contributed by atoms with E-state index in [-0.39, 0.29) is 17.8 Å². The van der Waals surface area contributed by atoms with E-state index in [9.17, 15) is 4.79 Å². The minimum atomic E-state index is -0.484. The van der Waals surface area contributed by atoms with Crippen LogP contribution < -0.4 is 5.73 Å². The molecule has 0 saturated carbocycles. The summed E-state index contributed by atoms with van der Waals surface area (Å²) in [6.45, 7) is 6.13. The zero-order valence-corrected chi connectivity index (χ0v) is 11.3. The quantitative estimate of drug-likeness (QED) is 0.721. The van der Waals surface area contributed by atoms with Crippen molar-refractivity contribution in [2.75, 3.05) is 6.61 Å². The van der Waals surface area contributed by atoms with Gasteiger partial charge in [-0.2, -0.15) is 0 Å². The van der Waals surface area contributed by atoms with Gasteiger partial charge in [0.05, 0.1) is 6.61 Å². The molecule has 6 nitrogen and oxygen atoms in total. The number of hydrogen-bond acceptors (Lipinski definition) is 5. The minimum Gasteiger partial charge on any atom is -0.460 e. The summed E-state index contributed by atoms with van der Waals surface area (Å²) in [5.41, 5.74) is 5.70. The molecule has 1 aromatic heterocycles. The molecule has 0 aliphatic rings. The molecule has 1 rings (SSSR count). The largest absolute Gasteiger partial charge is 0.460 e. The zero-order valence-electron chi connectivity index (χ0n) is 11.3. The maximum Gasteiger partial charge on any atom is 0.378 e. The third-order valence-corrected chi connectivity index (χ3v) is 2.72. The van der Waals surface area contributed by atoms with Crippen LogP contribution in [-0.4, -0.2) is 33.8 Å². The van der Waals surface area contributed by atoms with Crippen LogP contribution in [0.1, 0.15) is 62.4 Å². The van der Waals surface area contributed by atoms with E-state index < -0.39 is 5.97 Å². The van der Waals surface area contributed by atoms with Crippen molar-refractivity contribution in [3.05, 3.63) is 11.6 Å². The molecule has 1 heterocycles. The first-order chi connectivity index (χ1) is 8.54. The Morgan fingerprint density at radius 3 is 2.78 bits per heavy atom. The molecule has 2 unspecified atom stereocenters. The zero-order chi connectivity index (χ0) is 13.5. The predicted molar refractivity (Wildman–Crippen MR) is 68.3 cm³/mol. The first kappa shape index (κ1) is 14.6. The number of aromatic amines is 1. The van der Waals surface area contributed by atoms with Crippen molar-refractivity contribution in [3.63, 3.8) is 0 Å². The molecule has 2 atom stereocenters. The number of hydrogen-bond donors (Lipinski definition) is 2. The highest BCUT2D eigenvalue weighted by molar-refractivity contribution is 5.84. The van der Waals surface area contributed by atoms with Gasteiger partial charge in [0.2, 0.25) is 0 Å². The predicted octanol–water partition coefficient (Wildman–Crippen LogP) is 1.60. The van der Waals surface area contributed by atoms with Gasteiger partial charge in [0.15, 0.2) is 0 Å². The topological polar surface area (TPSA) is 93.9 Å². The number of aromatic nitrogens is 3. The third-order valence-electron chi connectivity index (χ3n) is 2.72. The Morgan fingerprint density at radius 1 is 1.44 bits per heavy atom. The smallest absolute Gasteiger partial charge is 0.378 e. The van der Waals surface area contributed by atoms with E-state index in [1.165, 1.54) is 0 Å². The minimum absolute atomic E-state index is 0.103. The summed E-state index contributed by atoms with van der Waals surface area (Å²) in [5, 5.41) is 6.65. The highest BCUT2D eigenvalue weighted by atomic mass is 16.5. The first-order valence-corrected chi connectivity index (χ1v) is 6.39. The fraction of sp³-hybridized carbons (Fsp3) is 0.750. The fourth-order valence-electron chi connectivity index (χ4n) is 1.66. The summed E-state index contributed by atoms with van der Waals surface area (Å²) in [6, 6.07) is 0.224. The molecule has 0 bridgehead atoms. The van der Waals surface area contributed by atoms with Crippen molar-refractivity contribution in [2.24, 2.45) is 5.73 Å². The summed E-state index contributed by atoms with van der Waals surface area (Å²) in [6.07, 6.45) is 3.00. The van der Waals surface area contributed by atoms with Gasteiger partial charge in [-0.25, -0.2) is 9.78 Å². The van der Waals surface area contributed by atoms with Gasteiger partial charge in [0.1, 0.15) is 5.82 Å². The lowest BCUT2D eigenvalue weighted by molar-refractivity contribution is 0.0512. The number of H-pyrrole nitrogens is 1. The number of nitrogens with zero attached hydrogens (tertiary/aromatic N) is 2. The second-order valence-electron chi connectivity index (χ2n) is 4.57. The molecule has 0 amide bonds. The highest BCUT2D eigenvalue weighted by Crippen LogP contribution is 2.18. The molecular weight excluding hydrogens is 232 g/mol. The number of nitrogens with one attached hydrogen (secondary N) is 1. The van der Waals surface area contributed by atoms with Crippen LogP contribution in [0.3, 0.4) is 0 Å². The van der Waals surface area contributed by atoms with Crippen LogP contribution in [-0.2, 0) is 4.74 Å². The molecule has 0 aliphatic carbocycles. The third kappa shape index (κ3) is 4.44. The van der Waals surface area contributed by atoms with Crippen LogP contribution in [0.4, 0.5) is 0 Å². The molecule has 6 heteroatoms. The Kier molecular flexibility index (Phi) is 5.77. The lowest BCUT2D eigenvalue weighted by Crippen LogP contribution is -2.14. The highest BCUT2D eigenvalue weighted by Gasteiger charge is 2.16. The Hall–Kier alpha value is -1.43. The second-order valence-corrected chi connectivity index (χ2v) is 4.57. The van der Waals surface area contributed by atoms with Gasteiger partial charge in [-0.15, -0.1) is 5.10 Å². The lowest BCUT2D eigenvalue weighted by atomic mass is 10.0. The van der Waals surface area contributed by atoms with E-state index in [4.69, 9.17) is 10.5 Å². The Balaban J connectivity index is 2.48. The average Bonchev–Trinajstić information content (AvgIpc) is 2.78. The molecular formula is C12H22N4O2. The van der Waals surface area contributed by atoms with E-state index in [0.29, 0.717) is 6.61 Å². The van der Waals surface area contributed by atoms with E-state index in [1.807, 2.05) is 6.92 Å². The Bertz CT molecular complexity index is 376. The number of rotatable bonds is 7. The monoisotopic (exact) mass is 254 g/mol. The van der Waals surface area contributed by atoms with Crippen molar-refractivity contribution in [3.8, 4) is 0 Å². The molecule has 1 aromatic rings. The number of nitrogens with two attached hydrogens (primary N) is 1. The number of carbonyl (C=O) groups excluding carboxylic acids is 1. The molecule has 0 saturated heterocycles. The molecule has 0 fully saturated rings. The molecule has 0 radical (unpaired) electrons. The van der Waals surface area contributed by atoms with E-state index in [0.717, 1.165) is 25.1 Å². The van der Waals surface area contributed by atoms with Gasteiger partial charge in [-0.1, -0.05) is 13.3 Å². The van der Waals surface area contributed by atoms with Gasteiger partial charge < -0.3 is 10.5 Å². The van der Waals surface area contributed by atoms with Crippen molar-refractivity contribution < 1.29 is 9.53 Å². The average molecular weight is 254 g/mol. The summed E-state index contributed by atoms with van der Waals surface area (Å²) in [5.74, 6) is 0.579. The van der Waals surface area contributed by atoms with Gasteiger partial charge in [-0.3, -0.25) is 5.10 Å². The van der Waals surface area contributed by atoms with Gasteiger partial charge in [0, 0.05) is 12.0 Å². The van der Waals surface area contributed by atoms with Gasteiger partial charge >= 0.3 is 5.97 Å². The second kappa shape index (κ2) is 7.10. The Labute approximate surface area is 107 Å². The number of carbonyl (C=O) groups is 1. The maximum absolute atomic E-state index is 11.4. The molecule has 0 spiro atoms. The summed E-state index contributed by atoms with van der Waals surface area (Å²) in [4.78, 5) is 15.6. The van der Waals surface area contributed by atoms with Crippen LogP contribution in [0, 0.1) is 0 Å². The lowest BCUT2D eigenvalue weighted by Gasteiger charge is -2.08. The van der Waals surface area contributed by atoms with Crippen molar-refractivity contribution in [1.29, 1.82) is 0 Å². The fourth-order valence-corrected chi connectivity index (χ4v) is 1.66. The number of ether oxygens (including phenoxy) is 1. The van der Waals surface area contributed by atoms with Crippen LogP contribution in [0.25, 0.3) is 0 Å². The molecule has 0 aromatic carbocycles. The molecule has 0 aliphatic heterocycles. The normalized spacial score (nSPS) is 14.2. The molecule has 102 valence electrons. The van der Waals surface area contributed by atoms with Crippen LogP contribution in [0.2, 0.25) is 0 Å².